The topological polar surface area (TPSA) is 31.0 Å². The molecule has 44 heavy (non-hydrogen) atoms. The van der Waals surface area contributed by atoms with Gasteiger partial charge in [0.05, 0.1) is 16.4 Å². The minimum Gasteiger partial charge on any atom is -0.455 e. The maximum atomic E-state index is 6.49. The van der Waals surface area contributed by atoms with E-state index in [2.05, 4.69) is 132 Å². The molecule has 0 radical (unpaired) electrons. The fraction of sp³-hybridized carbons (Fsp3) is 0. The highest BCUT2D eigenvalue weighted by molar-refractivity contribution is 6.26. The van der Waals surface area contributed by atoms with Crippen molar-refractivity contribution in [3.63, 3.8) is 0 Å². The Balaban J connectivity index is 1.22. The Bertz CT molecular complexity index is 2750. The van der Waals surface area contributed by atoms with E-state index in [0.29, 0.717) is 0 Å². The SMILES string of the molecule is c1ccc2c(c1)oc1c2ccc2c1c1ccccc1n2-c1cc(-c2ccc3c4ccccc4c4ccccc4c3c2)ccn1. The maximum absolute atomic E-state index is 6.49. The van der Waals surface area contributed by atoms with E-state index < -0.39 is 0 Å². The molecule has 204 valence electrons. The Morgan fingerprint density at radius 2 is 1.02 bits per heavy atom. The van der Waals surface area contributed by atoms with Crippen molar-refractivity contribution >= 4 is 76.1 Å². The zero-order chi connectivity index (χ0) is 28.8. The molecule has 10 aromatic rings. The molecular weight excluding hydrogens is 536 g/mol. The van der Waals surface area contributed by atoms with Gasteiger partial charge in [-0.15, -0.1) is 0 Å². The quantitative estimate of drug-likeness (QED) is 0.197. The van der Waals surface area contributed by atoms with Crippen molar-refractivity contribution in [2.75, 3.05) is 0 Å². The van der Waals surface area contributed by atoms with Crippen LogP contribution in [0.15, 0.2) is 150 Å². The third-order valence-electron chi connectivity index (χ3n) is 9.23. The molecule has 0 aliphatic heterocycles. The Labute approximate surface area is 252 Å². The molecule has 0 saturated heterocycles. The van der Waals surface area contributed by atoms with Gasteiger partial charge in [0.15, 0.2) is 0 Å². The molecule has 3 heteroatoms. The fourth-order valence-electron chi connectivity index (χ4n) is 7.29. The molecule has 3 heterocycles. The van der Waals surface area contributed by atoms with Crippen LogP contribution in [0, 0.1) is 0 Å². The lowest BCUT2D eigenvalue weighted by molar-refractivity contribution is 0.673. The van der Waals surface area contributed by atoms with E-state index in [1.54, 1.807) is 0 Å². The first-order chi connectivity index (χ1) is 21.8. The van der Waals surface area contributed by atoms with Crippen molar-refractivity contribution in [3.8, 4) is 16.9 Å². The van der Waals surface area contributed by atoms with Crippen molar-refractivity contribution < 1.29 is 4.42 Å². The summed E-state index contributed by atoms with van der Waals surface area (Å²) < 4.78 is 8.76. The number of nitrogens with zero attached hydrogens (tertiary/aromatic N) is 2. The van der Waals surface area contributed by atoms with Crippen molar-refractivity contribution in [2.24, 2.45) is 0 Å². The molecule has 3 nitrogen and oxygen atoms in total. The van der Waals surface area contributed by atoms with Crippen LogP contribution in [0.25, 0.3) is 93.0 Å². The molecule has 3 aromatic heterocycles. The second kappa shape index (κ2) is 8.79. The normalized spacial score (nSPS) is 12.1. The summed E-state index contributed by atoms with van der Waals surface area (Å²) in [6.07, 6.45) is 1.92. The molecular formula is C41H24N2O. The standard InChI is InChI=1S/C41H24N2O/c1-2-11-29-27(9-1)28-10-3-4-12-30(28)35-23-25(17-18-31(29)35)26-21-22-42-39(24-26)43-36-15-7-5-14-34(36)40-37(43)20-19-33-32-13-6-8-16-38(32)44-41(33)40/h1-24H. The van der Waals surface area contributed by atoms with Crippen molar-refractivity contribution in [3.05, 3.63) is 146 Å². The minimum absolute atomic E-state index is 0.882. The summed E-state index contributed by atoms with van der Waals surface area (Å²) in [7, 11) is 0. The molecule has 0 spiro atoms. The van der Waals surface area contributed by atoms with Gasteiger partial charge in [-0.25, -0.2) is 4.98 Å². The van der Waals surface area contributed by atoms with Crippen LogP contribution in [0.4, 0.5) is 0 Å². The number of hydrogen-bond acceptors (Lipinski definition) is 2. The van der Waals surface area contributed by atoms with Gasteiger partial charge < -0.3 is 4.42 Å². The molecule has 7 aromatic carbocycles. The number of para-hydroxylation sites is 2. The lowest BCUT2D eigenvalue weighted by Gasteiger charge is -2.13. The van der Waals surface area contributed by atoms with Gasteiger partial charge in [-0.3, -0.25) is 4.57 Å². The molecule has 0 saturated carbocycles. The average Bonchev–Trinajstić information content (AvgIpc) is 3.64. The summed E-state index contributed by atoms with van der Waals surface area (Å²) in [5, 5.41) is 12.2. The molecule has 0 aliphatic carbocycles. The zero-order valence-corrected chi connectivity index (χ0v) is 23.7. The van der Waals surface area contributed by atoms with Crippen LogP contribution in [0.5, 0.6) is 0 Å². The van der Waals surface area contributed by atoms with Crippen LogP contribution >= 0.6 is 0 Å². The van der Waals surface area contributed by atoms with Crippen LogP contribution in [0.2, 0.25) is 0 Å². The first-order valence-corrected chi connectivity index (χ1v) is 15.0. The van der Waals surface area contributed by atoms with Crippen LogP contribution in [0.1, 0.15) is 0 Å². The number of benzene rings is 7. The predicted octanol–water partition coefficient (Wildman–Crippen LogP) is 11.2. The molecule has 0 bridgehead atoms. The van der Waals surface area contributed by atoms with Crippen LogP contribution < -0.4 is 0 Å². The van der Waals surface area contributed by atoms with E-state index in [1.807, 2.05) is 18.3 Å². The van der Waals surface area contributed by atoms with Gasteiger partial charge in [0.2, 0.25) is 0 Å². The molecule has 0 unspecified atom stereocenters. The zero-order valence-electron chi connectivity index (χ0n) is 23.7. The van der Waals surface area contributed by atoms with E-state index in [0.717, 1.165) is 55.1 Å². The summed E-state index contributed by atoms with van der Waals surface area (Å²) in [4.78, 5) is 4.92. The fourth-order valence-corrected chi connectivity index (χ4v) is 7.29. The smallest absolute Gasteiger partial charge is 0.145 e. The van der Waals surface area contributed by atoms with Gasteiger partial charge in [0.1, 0.15) is 17.0 Å². The van der Waals surface area contributed by atoms with E-state index in [1.165, 1.54) is 37.9 Å². The monoisotopic (exact) mass is 560 g/mol. The molecule has 0 N–H and O–H groups in total. The highest BCUT2D eigenvalue weighted by Crippen LogP contribution is 2.41. The number of fused-ring (bicyclic) bond motifs is 13. The molecule has 0 atom stereocenters. The average molecular weight is 561 g/mol. The van der Waals surface area contributed by atoms with Crippen LogP contribution in [-0.4, -0.2) is 9.55 Å². The highest BCUT2D eigenvalue weighted by atomic mass is 16.3. The van der Waals surface area contributed by atoms with Gasteiger partial charge >= 0.3 is 0 Å². The number of hydrogen-bond donors (Lipinski definition) is 0. The molecule has 10 rings (SSSR count). The Morgan fingerprint density at radius 1 is 0.432 bits per heavy atom. The number of rotatable bonds is 2. The summed E-state index contributed by atoms with van der Waals surface area (Å²) in [6, 6.07) is 49.8. The first-order valence-electron chi connectivity index (χ1n) is 15.0. The number of furan rings is 1. The second-order valence-electron chi connectivity index (χ2n) is 11.5. The van der Waals surface area contributed by atoms with Gasteiger partial charge in [0.25, 0.3) is 0 Å². The Kier molecular flexibility index (Phi) is 4.72. The molecule has 0 fully saturated rings. The largest absolute Gasteiger partial charge is 0.455 e. The molecule has 0 amide bonds. The Hall–Kier alpha value is -5.93. The third-order valence-corrected chi connectivity index (χ3v) is 9.23. The lowest BCUT2D eigenvalue weighted by atomic mass is 9.92. The second-order valence-corrected chi connectivity index (χ2v) is 11.5. The van der Waals surface area contributed by atoms with Gasteiger partial charge in [-0.05, 0) is 85.9 Å². The summed E-state index contributed by atoms with van der Waals surface area (Å²) >= 11 is 0. The van der Waals surface area contributed by atoms with E-state index in [9.17, 15) is 0 Å². The Morgan fingerprint density at radius 3 is 1.80 bits per heavy atom. The first kappa shape index (κ1) is 23.6. The van der Waals surface area contributed by atoms with Gasteiger partial charge in [-0.2, -0.15) is 0 Å². The summed E-state index contributed by atoms with van der Waals surface area (Å²) in [6.45, 7) is 0. The minimum atomic E-state index is 0.882. The third kappa shape index (κ3) is 3.18. The van der Waals surface area contributed by atoms with E-state index in [4.69, 9.17) is 9.40 Å². The van der Waals surface area contributed by atoms with Crippen LogP contribution in [0.3, 0.4) is 0 Å². The van der Waals surface area contributed by atoms with E-state index >= 15 is 0 Å². The lowest BCUT2D eigenvalue weighted by Crippen LogP contribution is -1.97. The molecule has 0 aliphatic rings. The van der Waals surface area contributed by atoms with Crippen molar-refractivity contribution in [1.82, 2.24) is 9.55 Å². The number of aromatic nitrogens is 2. The van der Waals surface area contributed by atoms with Gasteiger partial charge in [0, 0.05) is 22.4 Å². The number of pyridine rings is 1. The summed E-state index contributed by atoms with van der Waals surface area (Å²) in [5.41, 5.74) is 6.31. The van der Waals surface area contributed by atoms with Crippen LogP contribution in [-0.2, 0) is 0 Å². The maximum Gasteiger partial charge on any atom is 0.145 e. The highest BCUT2D eigenvalue weighted by Gasteiger charge is 2.19. The predicted molar refractivity (Wildman–Crippen MR) is 184 cm³/mol. The van der Waals surface area contributed by atoms with Crippen molar-refractivity contribution in [2.45, 2.75) is 0 Å². The van der Waals surface area contributed by atoms with Crippen molar-refractivity contribution in [1.29, 1.82) is 0 Å². The van der Waals surface area contributed by atoms with Gasteiger partial charge in [-0.1, -0.05) is 97.1 Å². The van der Waals surface area contributed by atoms with E-state index in [-0.39, 0.29) is 0 Å². The summed E-state index contributed by atoms with van der Waals surface area (Å²) in [5.74, 6) is 0.882.